The number of likely N-dealkylation sites (tertiary alicyclic amines) is 1. The van der Waals surface area contributed by atoms with Gasteiger partial charge in [-0.25, -0.2) is 8.78 Å². The van der Waals surface area contributed by atoms with Crippen LogP contribution >= 0.6 is 0 Å². The maximum absolute atomic E-state index is 13.3. The molecule has 0 radical (unpaired) electrons. The van der Waals surface area contributed by atoms with Gasteiger partial charge in [0, 0.05) is 30.7 Å². The second-order valence-electron chi connectivity index (χ2n) is 6.56. The normalized spacial score (nSPS) is 19.0. The first-order valence-corrected chi connectivity index (χ1v) is 8.83. The minimum atomic E-state index is -0.984. The van der Waals surface area contributed by atoms with Crippen molar-refractivity contribution < 1.29 is 27.9 Å². The number of amides is 1. The molecule has 144 valence electrons. The van der Waals surface area contributed by atoms with Crippen LogP contribution in [0.3, 0.4) is 0 Å². The summed E-state index contributed by atoms with van der Waals surface area (Å²) in [4.78, 5) is 13.5. The fourth-order valence-corrected chi connectivity index (χ4v) is 3.59. The van der Waals surface area contributed by atoms with Gasteiger partial charge in [-0.15, -0.1) is 0 Å². The van der Waals surface area contributed by atoms with Crippen LogP contribution in [0.4, 0.5) is 14.5 Å². The molecule has 0 saturated carbocycles. The second-order valence-corrected chi connectivity index (χ2v) is 6.56. The molecule has 2 atom stereocenters. The highest BCUT2D eigenvalue weighted by Crippen LogP contribution is 2.31. The zero-order valence-corrected chi connectivity index (χ0v) is 15.4. The Balaban J connectivity index is 1.71. The number of rotatable bonds is 6. The number of hydrogen-bond acceptors (Lipinski definition) is 3. The van der Waals surface area contributed by atoms with Gasteiger partial charge in [0.2, 0.25) is 0 Å². The highest BCUT2D eigenvalue weighted by atomic mass is 19.2. The lowest BCUT2D eigenvalue weighted by Gasteiger charge is -2.23. The number of methoxy groups -OCH3 is 2. The summed E-state index contributed by atoms with van der Waals surface area (Å²) in [5.74, 6) is -0.714. The number of benzene rings is 2. The fourth-order valence-electron chi connectivity index (χ4n) is 3.59. The molecule has 0 aromatic heterocycles. The third-order valence-corrected chi connectivity index (χ3v) is 4.89. The second kappa shape index (κ2) is 8.35. The Morgan fingerprint density at radius 2 is 1.96 bits per heavy atom. The summed E-state index contributed by atoms with van der Waals surface area (Å²) in [6.45, 7) is 1.09. The number of quaternary nitrogens is 1. The summed E-state index contributed by atoms with van der Waals surface area (Å²) in [6.07, 6.45) is 1.93. The van der Waals surface area contributed by atoms with E-state index >= 15 is 0 Å². The minimum absolute atomic E-state index is 0.126. The Morgan fingerprint density at radius 3 is 2.67 bits per heavy atom. The van der Waals surface area contributed by atoms with E-state index in [2.05, 4.69) is 5.32 Å². The van der Waals surface area contributed by atoms with Crippen molar-refractivity contribution in [1.29, 1.82) is 0 Å². The van der Waals surface area contributed by atoms with Gasteiger partial charge >= 0.3 is 0 Å². The Labute approximate surface area is 156 Å². The van der Waals surface area contributed by atoms with Gasteiger partial charge < -0.3 is 19.7 Å². The lowest BCUT2D eigenvalue weighted by atomic mass is 10.0. The average molecular weight is 377 g/mol. The van der Waals surface area contributed by atoms with Gasteiger partial charge in [-0.3, -0.25) is 4.79 Å². The molecule has 2 aromatic rings. The molecule has 0 spiro atoms. The average Bonchev–Trinajstić information content (AvgIpc) is 3.11. The van der Waals surface area contributed by atoms with Crippen LogP contribution in [0.5, 0.6) is 11.5 Å². The maximum atomic E-state index is 13.3. The minimum Gasteiger partial charge on any atom is -0.497 e. The molecule has 0 aliphatic carbocycles. The molecule has 2 aromatic carbocycles. The van der Waals surface area contributed by atoms with E-state index in [0.717, 1.165) is 47.7 Å². The van der Waals surface area contributed by atoms with Crippen molar-refractivity contribution in [3.05, 3.63) is 53.6 Å². The molecule has 2 N–H and O–H groups in total. The topological polar surface area (TPSA) is 52.0 Å². The molecule has 1 heterocycles. The van der Waals surface area contributed by atoms with Crippen LogP contribution in [0.2, 0.25) is 0 Å². The van der Waals surface area contributed by atoms with Crippen LogP contribution in [0.25, 0.3) is 0 Å². The van der Waals surface area contributed by atoms with E-state index < -0.39 is 11.6 Å². The highest BCUT2D eigenvalue weighted by Gasteiger charge is 2.33. The summed E-state index contributed by atoms with van der Waals surface area (Å²) in [5, 5.41) is 2.64. The number of carbonyl (C=O) groups is 1. The van der Waals surface area contributed by atoms with Crippen molar-refractivity contribution in [2.45, 2.75) is 18.9 Å². The van der Waals surface area contributed by atoms with Gasteiger partial charge in [-0.1, -0.05) is 0 Å². The standard InChI is InChI=1S/C20H22F2N2O3/c1-26-14-6-7-15(19(11-14)27-2)18-4-3-9-24(18)12-20(25)23-13-5-8-16(21)17(22)10-13/h5-8,10-11,18H,3-4,9,12H2,1-2H3,(H,23,25)/p+1/t18-/m1/s1. The SMILES string of the molecule is COc1ccc([C@H]2CCC[NH+]2CC(=O)Nc2ccc(F)c(F)c2)c(OC)c1. The maximum Gasteiger partial charge on any atom is 0.279 e. The van der Waals surface area contributed by atoms with Gasteiger partial charge in [-0.2, -0.15) is 0 Å². The molecule has 1 saturated heterocycles. The van der Waals surface area contributed by atoms with Crippen LogP contribution in [-0.2, 0) is 4.79 Å². The van der Waals surface area contributed by atoms with E-state index in [9.17, 15) is 13.6 Å². The van der Waals surface area contributed by atoms with Crippen molar-refractivity contribution in [2.24, 2.45) is 0 Å². The quantitative estimate of drug-likeness (QED) is 0.813. The van der Waals surface area contributed by atoms with Crippen LogP contribution < -0.4 is 19.7 Å². The molecule has 1 aliphatic rings. The first kappa shape index (κ1) is 19.1. The van der Waals surface area contributed by atoms with Crippen molar-refractivity contribution in [1.82, 2.24) is 0 Å². The van der Waals surface area contributed by atoms with Gasteiger partial charge in [-0.05, 0) is 24.3 Å². The molecule has 0 bridgehead atoms. The van der Waals surface area contributed by atoms with Crippen molar-refractivity contribution >= 4 is 11.6 Å². The largest absolute Gasteiger partial charge is 0.497 e. The molecule has 27 heavy (non-hydrogen) atoms. The molecule has 3 rings (SSSR count). The lowest BCUT2D eigenvalue weighted by Crippen LogP contribution is -3.11. The highest BCUT2D eigenvalue weighted by molar-refractivity contribution is 5.91. The molecule has 1 fully saturated rings. The van der Waals surface area contributed by atoms with Crippen molar-refractivity contribution in [2.75, 3.05) is 32.6 Å². The van der Waals surface area contributed by atoms with Crippen molar-refractivity contribution in [3.8, 4) is 11.5 Å². The Kier molecular flexibility index (Phi) is 5.91. The number of carbonyl (C=O) groups excluding carboxylic acids is 1. The Morgan fingerprint density at radius 1 is 1.15 bits per heavy atom. The van der Waals surface area contributed by atoms with E-state index in [0.29, 0.717) is 5.75 Å². The number of anilines is 1. The van der Waals surface area contributed by atoms with Crippen LogP contribution in [-0.4, -0.2) is 33.2 Å². The third-order valence-electron chi connectivity index (χ3n) is 4.89. The summed E-state index contributed by atoms with van der Waals surface area (Å²) in [6, 6.07) is 9.15. The van der Waals surface area contributed by atoms with E-state index in [1.807, 2.05) is 18.2 Å². The predicted molar refractivity (Wildman–Crippen MR) is 97.2 cm³/mol. The number of hydrogen-bond donors (Lipinski definition) is 2. The molecule has 7 heteroatoms. The number of nitrogens with one attached hydrogen (secondary N) is 2. The van der Waals surface area contributed by atoms with E-state index in [-0.39, 0.29) is 24.2 Å². The zero-order chi connectivity index (χ0) is 19.4. The predicted octanol–water partition coefficient (Wildman–Crippen LogP) is 2.34. The van der Waals surface area contributed by atoms with Crippen LogP contribution in [0, 0.1) is 11.6 Å². The third kappa shape index (κ3) is 4.36. The monoisotopic (exact) mass is 377 g/mol. The van der Waals surface area contributed by atoms with E-state index in [1.54, 1.807) is 14.2 Å². The molecule has 5 nitrogen and oxygen atoms in total. The van der Waals surface area contributed by atoms with E-state index in [1.165, 1.54) is 6.07 Å². The molecule has 1 unspecified atom stereocenters. The van der Waals surface area contributed by atoms with Crippen molar-refractivity contribution in [3.63, 3.8) is 0 Å². The fraction of sp³-hybridized carbons (Fsp3) is 0.350. The summed E-state index contributed by atoms with van der Waals surface area (Å²) in [7, 11) is 3.22. The summed E-state index contributed by atoms with van der Waals surface area (Å²) >= 11 is 0. The molecular formula is C20H23F2N2O3+. The van der Waals surface area contributed by atoms with Crippen LogP contribution in [0.15, 0.2) is 36.4 Å². The van der Waals surface area contributed by atoms with Crippen LogP contribution in [0.1, 0.15) is 24.4 Å². The smallest absolute Gasteiger partial charge is 0.279 e. The lowest BCUT2D eigenvalue weighted by molar-refractivity contribution is -0.910. The molecule has 1 aliphatic heterocycles. The van der Waals surface area contributed by atoms with Gasteiger partial charge in [0.25, 0.3) is 5.91 Å². The zero-order valence-electron chi connectivity index (χ0n) is 15.4. The number of ether oxygens (including phenoxy) is 2. The molecule has 1 amide bonds. The summed E-state index contributed by atoms with van der Waals surface area (Å²) < 4.78 is 37.1. The Hall–Kier alpha value is -2.67. The first-order chi connectivity index (χ1) is 13.0. The van der Waals surface area contributed by atoms with E-state index in [4.69, 9.17) is 9.47 Å². The summed E-state index contributed by atoms with van der Waals surface area (Å²) in [5.41, 5.74) is 1.28. The molecular weight excluding hydrogens is 354 g/mol. The number of halogens is 2. The van der Waals surface area contributed by atoms with Gasteiger partial charge in [0.05, 0.1) is 26.3 Å². The first-order valence-electron chi connectivity index (χ1n) is 8.83. The Bertz CT molecular complexity index is 829. The van der Waals surface area contributed by atoms with Gasteiger partial charge in [0.15, 0.2) is 18.2 Å². The van der Waals surface area contributed by atoms with Gasteiger partial charge in [0.1, 0.15) is 17.5 Å².